The lowest BCUT2D eigenvalue weighted by molar-refractivity contribution is 0.0925. The average Bonchev–Trinajstić information content (AvgIpc) is 3.04. The fraction of sp³-hybridized carbons (Fsp3) is 0.167. The summed E-state index contributed by atoms with van der Waals surface area (Å²) >= 11 is 3.38. The van der Waals surface area contributed by atoms with Crippen LogP contribution in [0.25, 0.3) is 11.3 Å². The van der Waals surface area contributed by atoms with Gasteiger partial charge in [-0.25, -0.2) is 4.98 Å². The van der Waals surface area contributed by atoms with Gasteiger partial charge in [0.2, 0.25) is 0 Å². The molecule has 0 aliphatic heterocycles. The van der Waals surface area contributed by atoms with E-state index in [0.717, 1.165) is 21.5 Å². The van der Waals surface area contributed by atoms with Gasteiger partial charge in [-0.15, -0.1) is 0 Å². The molecule has 0 saturated heterocycles. The maximum atomic E-state index is 10.1. The van der Waals surface area contributed by atoms with Crippen LogP contribution >= 0.6 is 15.9 Å². The van der Waals surface area contributed by atoms with Gasteiger partial charge < -0.3 is 14.4 Å². The van der Waals surface area contributed by atoms with Gasteiger partial charge in [0.05, 0.1) is 18.6 Å². The van der Waals surface area contributed by atoms with Gasteiger partial charge in [-0.1, -0.05) is 46.3 Å². The van der Waals surface area contributed by atoms with E-state index in [1.807, 2.05) is 65.4 Å². The second kappa shape index (κ2) is 7.44. The predicted octanol–water partition coefficient (Wildman–Crippen LogP) is 3.75. The third kappa shape index (κ3) is 4.43. The molecule has 3 aromatic rings. The van der Waals surface area contributed by atoms with E-state index in [9.17, 15) is 5.11 Å². The molecule has 0 spiro atoms. The van der Waals surface area contributed by atoms with Crippen LogP contribution in [0.4, 0.5) is 0 Å². The van der Waals surface area contributed by atoms with E-state index in [1.165, 1.54) is 0 Å². The van der Waals surface area contributed by atoms with Crippen molar-refractivity contribution in [1.82, 2.24) is 9.55 Å². The molecule has 0 bridgehead atoms. The molecule has 0 aliphatic carbocycles. The highest BCUT2D eigenvalue weighted by atomic mass is 79.9. The van der Waals surface area contributed by atoms with Crippen LogP contribution in [0.5, 0.6) is 5.75 Å². The molecule has 4 nitrogen and oxygen atoms in total. The van der Waals surface area contributed by atoms with Crippen LogP contribution in [-0.2, 0) is 6.54 Å². The Bertz CT molecular complexity index is 741. The van der Waals surface area contributed by atoms with E-state index in [1.54, 1.807) is 6.33 Å². The van der Waals surface area contributed by atoms with Gasteiger partial charge in [-0.3, -0.25) is 0 Å². The van der Waals surface area contributed by atoms with Crippen LogP contribution in [0.3, 0.4) is 0 Å². The molecule has 23 heavy (non-hydrogen) atoms. The third-order valence-corrected chi connectivity index (χ3v) is 3.91. The average molecular weight is 373 g/mol. The van der Waals surface area contributed by atoms with Gasteiger partial charge >= 0.3 is 0 Å². The minimum atomic E-state index is -0.600. The first-order chi connectivity index (χ1) is 11.2. The highest BCUT2D eigenvalue weighted by Crippen LogP contribution is 2.17. The number of nitrogens with zero attached hydrogens (tertiary/aromatic N) is 2. The Balaban J connectivity index is 1.55. The maximum absolute atomic E-state index is 10.1. The summed E-state index contributed by atoms with van der Waals surface area (Å²) in [4.78, 5) is 4.37. The molecule has 0 amide bonds. The quantitative estimate of drug-likeness (QED) is 0.716. The van der Waals surface area contributed by atoms with Crippen molar-refractivity contribution in [3.05, 3.63) is 71.6 Å². The lowest BCUT2D eigenvalue weighted by atomic mass is 10.2. The van der Waals surface area contributed by atoms with Crippen molar-refractivity contribution in [2.75, 3.05) is 6.61 Å². The van der Waals surface area contributed by atoms with Crippen molar-refractivity contribution >= 4 is 15.9 Å². The van der Waals surface area contributed by atoms with Gasteiger partial charge in [0.1, 0.15) is 18.5 Å². The summed E-state index contributed by atoms with van der Waals surface area (Å²) in [6, 6.07) is 17.5. The van der Waals surface area contributed by atoms with Gasteiger partial charge in [0, 0.05) is 16.2 Å². The first-order valence-corrected chi connectivity index (χ1v) is 8.13. The van der Waals surface area contributed by atoms with Gasteiger partial charge in [0.15, 0.2) is 0 Å². The molecule has 0 saturated carbocycles. The fourth-order valence-corrected chi connectivity index (χ4v) is 2.50. The second-order valence-electron chi connectivity index (χ2n) is 5.24. The molecule has 3 rings (SSSR count). The summed E-state index contributed by atoms with van der Waals surface area (Å²) in [5.41, 5.74) is 1.96. The molecule has 1 atom stereocenters. The topological polar surface area (TPSA) is 47.3 Å². The summed E-state index contributed by atoms with van der Waals surface area (Å²) < 4.78 is 8.45. The zero-order chi connectivity index (χ0) is 16.1. The highest BCUT2D eigenvalue weighted by molar-refractivity contribution is 9.10. The minimum absolute atomic E-state index is 0.237. The van der Waals surface area contributed by atoms with E-state index < -0.39 is 6.10 Å². The SMILES string of the molecule is O[C@@H](COc1ccc(Br)cc1)Cn1cnc(-c2ccccc2)c1. The number of ether oxygens (including phenoxy) is 1. The summed E-state index contributed by atoms with van der Waals surface area (Å²) in [6.07, 6.45) is 3.06. The number of aromatic nitrogens is 2. The van der Waals surface area contributed by atoms with Gasteiger partial charge in [-0.05, 0) is 24.3 Å². The lowest BCUT2D eigenvalue weighted by Crippen LogP contribution is -2.22. The minimum Gasteiger partial charge on any atom is -0.491 e. The number of benzene rings is 2. The number of hydrogen-bond acceptors (Lipinski definition) is 3. The monoisotopic (exact) mass is 372 g/mol. The van der Waals surface area contributed by atoms with E-state index in [2.05, 4.69) is 20.9 Å². The number of rotatable bonds is 6. The Morgan fingerprint density at radius 2 is 1.83 bits per heavy atom. The van der Waals surface area contributed by atoms with E-state index >= 15 is 0 Å². The summed E-state index contributed by atoms with van der Waals surface area (Å²) in [5.74, 6) is 0.739. The Kier molecular flexibility index (Phi) is 5.10. The molecule has 118 valence electrons. The molecule has 1 N–H and O–H groups in total. The van der Waals surface area contributed by atoms with E-state index in [-0.39, 0.29) is 6.61 Å². The molecule has 2 aromatic carbocycles. The number of halogens is 1. The summed E-state index contributed by atoms with van der Waals surface area (Å²) in [7, 11) is 0. The summed E-state index contributed by atoms with van der Waals surface area (Å²) in [5, 5.41) is 10.1. The fourth-order valence-electron chi connectivity index (χ4n) is 2.24. The normalized spacial score (nSPS) is 12.1. The molecule has 0 aliphatic rings. The van der Waals surface area contributed by atoms with Crippen LogP contribution in [0, 0.1) is 0 Å². The largest absolute Gasteiger partial charge is 0.491 e. The first kappa shape index (κ1) is 15.8. The Labute approximate surface area is 143 Å². The maximum Gasteiger partial charge on any atom is 0.119 e. The molecular weight excluding hydrogens is 356 g/mol. The molecule has 0 fully saturated rings. The molecule has 1 heterocycles. The van der Waals surface area contributed by atoms with Crippen molar-refractivity contribution in [2.45, 2.75) is 12.6 Å². The van der Waals surface area contributed by atoms with E-state index in [4.69, 9.17) is 4.74 Å². The molecule has 0 radical (unpaired) electrons. The predicted molar refractivity (Wildman–Crippen MR) is 93.3 cm³/mol. The van der Waals surface area contributed by atoms with Crippen molar-refractivity contribution in [3.8, 4) is 17.0 Å². The zero-order valence-corrected chi connectivity index (χ0v) is 14.1. The number of imidazole rings is 1. The standard InChI is InChI=1S/C18H17BrN2O2/c19-15-6-8-17(9-7-15)23-12-16(22)10-21-11-18(20-13-21)14-4-2-1-3-5-14/h1-9,11,13,16,22H,10,12H2/t16-/m1/s1. The Morgan fingerprint density at radius 3 is 2.57 bits per heavy atom. The molecule has 1 aromatic heterocycles. The van der Waals surface area contributed by atoms with Crippen LogP contribution < -0.4 is 4.74 Å². The van der Waals surface area contributed by atoms with Crippen molar-refractivity contribution < 1.29 is 9.84 Å². The van der Waals surface area contributed by atoms with Crippen LogP contribution in [0.15, 0.2) is 71.6 Å². The van der Waals surface area contributed by atoms with Crippen molar-refractivity contribution in [1.29, 1.82) is 0 Å². The first-order valence-electron chi connectivity index (χ1n) is 7.34. The number of aliphatic hydroxyl groups excluding tert-OH is 1. The number of aliphatic hydroxyl groups is 1. The smallest absolute Gasteiger partial charge is 0.119 e. The van der Waals surface area contributed by atoms with Gasteiger partial charge in [0.25, 0.3) is 0 Å². The molecular formula is C18H17BrN2O2. The Morgan fingerprint density at radius 1 is 1.09 bits per heavy atom. The molecule has 0 unspecified atom stereocenters. The lowest BCUT2D eigenvalue weighted by Gasteiger charge is -2.12. The van der Waals surface area contributed by atoms with Crippen LogP contribution in [0.1, 0.15) is 0 Å². The van der Waals surface area contributed by atoms with Crippen molar-refractivity contribution in [3.63, 3.8) is 0 Å². The van der Waals surface area contributed by atoms with Crippen LogP contribution in [0.2, 0.25) is 0 Å². The van der Waals surface area contributed by atoms with Crippen LogP contribution in [-0.4, -0.2) is 27.4 Å². The highest BCUT2D eigenvalue weighted by Gasteiger charge is 2.08. The van der Waals surface area contributed by atoms with Crippen molar-refractivity contribution in [2.24, 2.45) is 0 Å². The zero-order valence-electron chi connectivity index (χ0n) is 12.5. The Hall–Kier alpha value is -2.11. The molecule has 5 heteroatoms. The van der Waals surface area contributed by atoms with E-state index in [0.29, 0.717) is 6.54 Å². The second-order valence-corrected chi connectivity index (χ2v) is 6.16. The third-order valence-electron chi connectivity index (χ3n) is 3.38. The van der Waals surface area contributed by atoms with Gasteiger partial charge in [-0.2, -0.15) is 0 Å². The number of hydrogen-bond donors (Lipinski definition) is 1. The summed E-state index contributed by atoms with van der Waals surface area (Å²) in [6.45, 7) is 0.677.